The zero-order valence-corrected chi connectivity index (χ0v) is 11.7. The lowest BCUT2D eigenvalue weighted by atomic mass is 10.2. The highest BCUT2D eigenvalue weighted by atomic mass is 32.2. The van der Waals surface area contributed by atoms with Crippen LogP contribution in [0.5, 0.6) is 5.75 Å². The summed E-state index contributed by atoms with van der Waals surface area (Å²) in [6.07, 6.45) is 2.13. The molecule has 4 nitrogen and oxygen atoms in total. The molecule has 0 aromatic heterocycles. The molecule has 1 aliphatic rings. The number of aliphatic hydroxyl groups is 1. The molecule has 0 atom stereocenters. The summed E-state index contributed by atoms with van der Waals surface area (Å²) in [7, 11) is 0. The lowest BCUT2D eigenvalue weighted by Crippen LogP contribution is -2.29. The van der Waals surface area contributed by atoms with Crippen molar-refractivity contribution in [3.05, 3.63) is 34.7 Å². The van der Waals surface area contributed by atoms with Gasteiger partial charge < -0.3 is 10.2 Å². The van der Waals surface area contributed by atoms with Crippen molar-refractivity contribution >= 4 is 40.3 Å². The minimum absolute atomic E-state index is 0.0234. The number of benzene rings is 1. The highest BCUT2D eigenvalue weighted by Crippen LogP contribution is 2.33. The van der Waals surface area contributed by atoms with Crippen molar-refractivity contribution in [3.8, 4) is 5.75 Å². The van der Waals surface area contributed by atoms with E-state index in [-0.39, 0.29) is 18.3 Å². The van der Waals surface area contributed by atoms with Gasteiger partial charge in [-0.15, -0.1) is 0 Å². The minimum atomic E-state index is -0.174. The van der Waals surface area contributed by atoms with Crippen LogP contribution in [0.4, 0.5) is 0 Å². The van der Waals surface area contributed by atoms with E-state index in [4.69, 9.17) is 17.3 Å². The zero-order valence-electron chi connectivity index (χ0n) is 10.1. The Labute approximate surface area is 120 Å². The van der Waals surface area contributed by atoms with Crippen LogP contribution >= 0.6 is 24.0 Å². The Morgan fingerprint density at radius 1 is 1.37 bits per heavy atom. The largest absolute Gasteiger partial charge is 0.507 e. The molecular weight excluding hydrogens is 282 g/mol. The summed E-state index contributed by atoms with van der Waals surface area (Å²) in [5, 5.41) is 18.5. The van der Waals surface area contributed by atoms with E-state index in [0.29, 0.717) is 27.8 Å². The number of amides is 1. The Kier molecular flexibility index (Phi) is 4.57. The number of nitrogens with zero attached hydrogens (tertiary/aromatic N) is 1. The van der Waals surface area contributed by atoms with Crippen molar-refractivity contribution in [1.29, 1.82) is 0 Å². The molecule has 2 rings (SSSR count). The maximum Gasteiger partial charge on any atom is 0.266 e. The number of para-hydroxylation sites is 1. The lowest BCUT2D eigenvalue weighted by Gasteiger charge is -2.12. The predicted octanol–water partition coefficient (Wildman–Crippen LogP) is 1.98. The molecule has 1 amide bonds. The summed E-state index contributed by atoms with van der Waals surface area (Å²) in [6, 6.07) is 6.81. The molecule has 0 bridgehead atoms. The fourth-order valence-electron chi connectivity index (χ4n) is 1.67. The standard InChI is InChI=1S/C13H13NO3S2/c15-7-3-6-14-12(17)11(19-13(14)18)8-9-4-1-2-5-10(9)16/h1-2,4-5,8,15-16H,3,6-7H2/b11-8-. The van der Waals surface area contributed by atoms with Gasteiger partial charge >= 0.3 is 0 Å². The maximum atomic E-state index is 12.1. The van der Waals surface area contributed by atoms with E-state index >= 15 is 0 Å². The molecule has 1 fully saturated rings. The average Bonchev–Trinajstić information content (AvgIpc) is 2.65. The Balaban J connectivity index is 2.21. The van der Waals surface area contributed by atoms with Gasteiger partial charge in [0, 0.05) is 18.7 Å². The third-order valence-electron chi connectivity index (χ3n) is 2.64. The van der Waals surface area contributed by atoms with Gasteiger partial charge in [0.1, 0.15) is 10.1 Å². The molecule has 0 unspecified atom stereocenters. The van der Waals surface area contributed by atoms with Gasteiger partial charge in [-0.3, -0.25) is 9.69 Å². The first kappa shape index (κ1) is 14.0. The molecule has 2 N–H and O–H groups in total. The monoisotopic (exact) mass is 295 g/mol. The van der Waals surface area contributed by atoms with E-state index in [1.807, 2.05) is 0 Å². The van der Waals surface area contributed by atoms with Crippen LogP contribution < -0.4 is 0 Å². The number of thioether (sulfide) groups is 1. The maximum absolute atomic E-state index is 12.1. The summed E-state index contributed by atoms with van der Waals surface area (Å²) >= 11 is 6.35. The number of aromatic hydroxyl groups is 1. The predicted molar refractivity (Wildman–Crippen MR) is 79.7 cm³/mol. The molecule has 1 aromatic rings. The second kappa shape index (κ2) is 6.18. The molecule has 1 heterocycles. The molecular formula is C13H13NO3S2. The average molecular weight is 295 g/mol. The molecule has 0 radical (unpaired) electrons. The van der Waals surface area contributed by atoms with Crippen LogP contribution in [0.15, 0.2) is 29.2 Å². The number of hydrogen-bond donors (Lipinski definition) is 2. The summed E-state index contributed by atoms with van der Waals surface area (Å²) in [6.45, 7) is 0.439. The highest BCUT2D eigenvalue weighted by molar-refractivity contribution is 8.26. The van der Waals surface area contributed by atoms with Crippen LogP contribution in [0.2, 0.25) is 0 Å². The van der Waals surface area contributed by atoms with Gasteiger partial charge in [0.2, 0.25) is 0 Å². The number of phenolic OH excluding ortho intramolecular Hbond substituents is 1. The number of thiocarbonyl (C=S) groups is 1. The third-order valence-corrected chi connectivity index (χ3v) is 4.01. The van der Waals surface area contributed by atoms with E-state index in [1.54, 1.807) is 30.3 Å². The van der Waals surface area contributed by atoms with Crippen LogP contribution in [0.25, 0.3) is 6.08 Å². The number of phenols is 1. The molecule has 1 saturated heterocycles. The number of rotatable bonds is 4. The first-order chi connectivity index (χ1) is 9.13. The van der Waals surface area contributed by atoms with E-state index < -0.39 is 0 Å². The van der Waals surface area contributed by atoms with Gasteiger partial charge in [0.05, 0.1) is 4.91 Å². The van der Waals surface area contributed by atoms with Crippen molar-refractivity contribution < 1.29 is 15.0 Å². The van der Waals surface area contributed by atoms with E-state index in [9.17, 15) is 9.90 Å². The minimum Gasteiger partial charge on any atom is -0.507 e. The van der Waals surface area contributed by atoms with Crippen LogP contribution in [-0.4, -0.2) is 38.5 Å². The molecule has 6 heteroatoms. The fraction of sp³-hybridized carbons (Fsp3) is 0.231. The first-order valence-corrected chi connectivity index (χ1v) is 7.00. The quantitative estimate of drug-likeness (QED) is 0.657. The van der Waals surface area contributed by atoms with Gasteiger partial charge in [-0.25, -0.2) is 0 Å². The summed E-state index contributed by atoms with van der Waals surface area (Å²) in [5.41, 5.74) is 0.588. The van der Waals surface area contributed by atoms with Gasteiger partial charge in [-0.2, -0.15) is 0 Å². The Hall–Kier alpha value is -1.37. The molecule has 0 saturated carbocycles. The van der Waals surface area contributed by atoms with Crippen LogP contribution in [0, 0.1) is 0 Å². The van der Waals surface area contributed by atoms with Crippen LogP contribution in [-0.2, 0) is 4.79 Å². The lowest BCUT2D eigenvalue weighted by molar-refractivity contribution is -0.122. The smallest absolute Gasteiger partial charge is 0.266 e. The Morgan fingerprint density at radius 2 is 2.11 bits per heavy atom. The Bertz CT molecular complexity index is 542. The summed E-state index contributed by atoms with van der Waals surface area (Å²) in [5.74, 6) is -0.0465. The van der Waals surface area contributed by atoms with Crippen molar-refractivity contribution in [1.82, 2.24) is 4.90 Å². The van der Waals surface area contributed by atoms with Crippen molar-refractivity contribution in [2.45, 2.75) is 6.42 Å². The van der Waals surface area contributed by atoms with E-state index in [0.717, 1.165) is 0 Å². The van der Waals surface area contributed by atoms with Crippen molar-refractivity contribution in [3.63, 3.8) is 0 Å². The van der Waals surface area contributed by atoms with Crippen LogP contribution in [0.3, 0.4) is 0 Å². The van der Waals surface area contributed by atoms with E-state index in [2.05, 4.69) is 0 Å². The first-order valence-electron chi connectivity index (χ1n) is 5.77. The van der Waals surface area contributed by atoms with Crippen molar-refractivity contribution in [2.75, 3.05) is 13.2 Å². The SMILES string of the molecule is O=C1/C(=C/c2ccccc2O)SC(=S)N1CCCO. The van der Waals surface area contributed by atoms with Gasteiger partial charge in [0.15, 0.2) is 0 Å². The number of carbonyl (C=O) groups is 1. The van der Waals surface area contributed by atoms with Crippen LogP contribution in [0.1, 0.15) is 12.0 Å². The van der Waals surface area contributed by atoms with Crippen molar-refractivity contribution in [2.24, 2.45) is 0 Å². The highest BCUT2D eigenvalue weighted by Gasteiger charge is 2.31. The summed E-state index contributed by atoms with van der Waals surface area (Å²) < 4.78 is 0.486. The van der Waals surface area contributed by atoms with Gasteiger partial charge in [-0.1, -0.05) is 42.2 Å². The normalized spacial score (nSPS) is 17.5. The molecule has 19 heavy (non-hydrogen) atoms. The number of carbonyl (C=O) groups excluding carboxylic acids is 1. The topological polar surface area (TPSA) is 60.8 Å². The fourth-order valence-corrected chi connectivity index (χ4v) is 2.97. The second-order valence-electron chi connectivity index (χ2n) is 3.97. The molecule has 0 spiro atoms. The molecule has 1 aromatic carbocycles. The second-order valence-corrected chi connectivity index (χ2v) is 5.65. The summed E-state index contributed by atoms with van der Waals surface area (Å²) in [4.78, 5) is 14.1. The zero-order chi connectivity index (χ0) is 13.8. The molecule has 0 aliphatic carbocycles. The van der Waals surface area contributed by atoms with E-state index in [1.165, 1.54) is 16.7 Å². The number of hydrogen-bond acceptors (Lipinski definition) is 5. The third kappa shape index (κ3) is 3.15. The number of aliphatic hydroxyl groups excluding tert-OH is 1. The molecule has 1 aliphatic heterocycles. The molecule has 100 valence electrons. The van der Waals surface area contributed by atoms with Gasteiger partial charge in [-0.05, 0) is 18.6 Å². The van der Waals surface area contributed by atoms with Gasteiger partial charge in [0.25, 0.3) is 5.91 Å². The Morgan fingerprint density at radius 3 is 2.79 bits per heavy atom.